The third-order valence-corrected chi connectivity index (χ3v) is 9.16. The fourth-order valence-corrected chi connectivity index (χ4v) is 5.68. The first-order chi connectivity index (χ1) is 26.5. The van der Waals surface area contributed by atoms with Crippen LogP contribution in [0.25, 0.3) is 0 Å². The molecular weight excluding hydrogens is 731 g/mol. The summed E-state index contributed by atoms with van der Waals surface area (Å²) in [5, 5.41) is 0. The van der Waals surface area contributed by atoms with E-state index < -0.39 is 7.82 Å². The largest absolute Gasteiger partial charge is 0.474 e. The van der Waals surface area contributed by atoms with E-state index in [1.807, 2.05) is 0 Å². The van der Waals surface area contributed by atoms with E-state index in [1.54, 1.807) is 0 Å². The second kappa shape index (κ2) is 42.9. The van der Waals surface area contributed by atoms with Crippen LogP contribution in [0.2, 0.25) is 0 Å². The molecule has 54 heavy (non-hydrogen) atoms. The molecule has 16 nitrogen and oxygen atoms in total. The zero-order valence-corrected chi connectivity index (χ0v) is 34.5. The number of hydrogen-bond donors (Lipinski definition) is 0. The van der Waals surface area contributed by atoms with E-state index in [-0.39, 0.29) is 91.2 Å². The van der Waals surface area contributed by atoms with Gasteiger partial charge < -0.3 is 9.47 Å². The molecule has 0 unspecified atom stereocenters. The third kappa shape index (κ3) is 40.4. The summed E-state index contributed by atoms with van der Waals surface area (Å²) in [7, 11) is -2.65. The van der Waals surface area contributed by atoms with Crippen LogP contribution >= 0.6 is 7.82 Å². The van der Waals surface area contributed by atoms with Crippen LogP contribution in [-0.4, -0.2) is 98.3 Å². The molecule has 0 heterocycles. The number of rotatable bonds is 45. The van der Waals surface area contributed by atoms with E-state index in [1.165, 1.54) is 84.2 Å². The van der Waals surface area contributed by atoms with E-state index >= 15 is 0 Å². The summed E-state index contributed by atoms with van der Waals surface area (Å²) < 4.78 is 37.8. The standard InChI is InChI=1S/C37H73O16P/c1-4-6-8-10-12-14-16-18-20-22-36(38)42-24-26-44-46-28-30-48-50-32-34-52-54(40,41-3)53-35-33-51-49-31-29-47-45-27-25-43-37(39)23-21-19-17-15-13-11-9-7-5-2/h4-35H2,1-3H3. The van der Waals surface area contributed by atoms with Crippen LogP contribution in [0.4, 0.5) is 0 Å². The van der Waals surface area contributed by atoms with Crippen molar-refractivity contribution < 1.29 is 76.3 Å². The molecule has 0 saturated carbocycles. The lowest BCUT2D eigenvalue weighted by molar-refractivity contribution is -0.343. The average Bonchev–Trinajstić information content (AvgIpc) is 3.17. The smallest absolute Gasteiger partial charge is 0.463 e. The SMILES string of the molecule is CCCCCCCCCCCC(=O)OCCOOCCOOCCOP(=O)(OC)OCCOOCCOOCCOC(=O)CCCCCCCCCCC. The first-order valence-electron chi connectivity index (χ1n) is 20.2. The van der Waals surface area contributed by atoms with E-state index in [0.717, 1.165) is 38.5 Å². The molecule has 0 fully saturated rings. The lowest BCUT2D eigenvalue weighted by atomic mass is 10.1. The van der Waals surface area contributed by atoms with Crippen molar-refractivity contribution in [3.05, 3.63) is 0 Å². The zero-order chi connectivity index (χ0) is 39.5. The van der Waals surface area contributed by atoms with Gasteiger partial charge in [0.15, 0.2) is 0 Å². The van der Waals surface area contributed by atoms with Gasteiger partial charge in [-0.2, -0.15) is 0 Å². The van der Waals surface area contributed by atoms with Gasteiger partial charge in [-0.1, -0.05) is 117 Å². The number of carbonyl (C=O) groups excluding carboxylic acids is 2. The minimum absolute atomic E-state index is 0.0558. The number of unbranched alkanes of at least 4 members (excludes halogenated alkanes) is 16. The van der Waals surface area contributed by atoms with Gasteiger partial charge in [-0.15, -0.1) is 0 Å². The quantitative estimate of drug-likeness (QED) is 0.0188. The monoisotopic (exact) mass is 804 g/mol. The topological polar surface area (TPSA) is 171 Å². The number of hydrogen-bond acceptors (Lipinski definition) is 16. The lowest BCUT2D eigenvalue weighted by Gasteiger charge is -2.15. The van der Waals surface area contributed by atoms with Gasteiger partial charge in [0, 0.05) is 20.0 Å². The van der Waals surface area contributed by atoms with Crippen molar-refractivity contribution in [3.8, 4) is 0 Å². The van der Waals surface area contributed by atoms with Crippen LogP contribution < -0.4 is 0 Å². The molecule has 0 radical (unpaired) electrons. The van der Waals surface area contributed by atoms with Gasteiger partial charge in [0.25, 0.3) is 0 Å². The third-order valence-electron chi connectivity index (χ3n) is 7.72. The van der Waals surface area contributed by atoms with Crippen molar-refractivity contribution in [2.24, 2.45) is 0 Å². The van der Waals surface area contributed by atoms with E-state index in [0.29, 0.717) is 12.8 Å². The molecule has 0 spiro atoms. The molecule has 0 atom stereocenters. The molecule has 0 aliphatic rings. The van der Waals surface area contributed by atoms with Crippen LogP contribution in [0, 0.1) is 0 Å². The van der Waals surface area contributed by atoms with E-state index in [2.05, 4.69) is 13.8 Å². The number of carbonyl (C=O) groups is 2. The fraction of sp³-hybridized carbons (Fsp3) is 0.946. The Bertz CT molecular complexity index is 791. The van der Waals surface area contributed by atoms with Crippen LogP contribution in [-0.2, 0) is 76.3 Å². The van der Waals surface area contributed by atoms with Crippen molar-refractivity contribution in [3.63, 3.8) is 0 Å². The molecule has 17 heteroatoms. The summed E-state index contributed by atoms with van der Waals surface area (Å²) in [4.78, 5) is 63.0. The molecular formula is C37H73O16P. The number of esters is 2. The second-order valence-corrected chi connectivity index (χ2v) is 14.2. The first-order valence-corrected chi connectivity index (χ1v) is 21.7. The van der Waals surface area contributed by atoms with Gasteiger partial charge in [0.1, 0.15) is 66.1 Å². The molecule has 0 aromatic heterocycles. The highest BCUT2D eigenvalue weighted by atomic mass is 31.2. The summed E-state index contributed by atoms with van der Waals surface area (Å²) >= 11 is 0. The Kier molecular flexibility index (Phi) is 41.9. The Morgan fingerprint density at radius 3 is 0.926 bits per heavy atom. The summed E-state index contributed by atoms with van der Waals surface area (Å²) in [6.07, 6.45) is 22.3. The second-order valence-electron chi connectivity index (χ2n) is 12.5. The van der Waals surface area contributed by atoms with Gasteiger partial charge in [0.2, 0.25) is 0 Å². The highest BCUT2D eigenvalue weighted by Gasteiger charge is 2.24. The Balaban J connectivity index is 3.46. The Morgan fingerprint density at radius 1 is 0.370 bits per heavy atom. The number of ether oxygens (including phenoxy) is 2. The minimum atomic E-state index is -3.83. The maximum absolute atomic E-state index is 12.4. The Labute approximate surface area is 324 Å². The lowest BCUT2D eigenvalue weighted by Crippen LogP contribution is -2.13. The first kappa shape index (κ1) is 52.7. The van der Waals surface area contributed by atoms with Gasteiger partial charge in [-0.25, -0.2) is 43.7 Å². The van der Waals surface area contributed by atoms with E-state index in [9.17, 15) is 14.2 Å². The van der Waals surface area contributed by atoms with Crippen LogP contribution in [0.3, 0.4) is 0 Å². The normalized spacial score (nSPS) is 11.7. The molecule has 322 valence electrons. The zero-order valence-electron chi connectivity index (χ0n) is 33.6. The van der Waals surface area contributed by atoms with Crippen LogP contribution in [0.5, 0.6) is 0 Å². The van der Waals surface area contributed by atoms with Crippen LogP contribution in [0.1, 0.15) is 142 Å². The predicted molar refractivity (Wildman–Crippen MR) is 200 cm³/mol. The minimum Gasteiger partial charge on any atom is -0.463 e. The Hall–Kier alpha value is -1.27. The summed E-state index contributed by atoms with van der Waals surface area (Å²) in [5.74, 6) is -0.467. The molecule has 0 aromatic rings. The molecule has 0 aromatic carbocycles. The maximum Gasteiger partial charge on any atom is 0.474 e. The number of phosphoric ester groups is 1. The average molecular weight is 805 g/mol. The molecule has 0 aliphatic carbocycles. The van der Waals surface area contributed by atoms with Gasteiger partial charge >= 0.3 is 19.8 Å². The highest BCUT2D eigenvalue weighted by Crippen LogP contribution is 2.48. The summed E-state index contributed by atoms with van der Waals surface area (Å²) in [5.41, 5.74) is 0. The predicted octanol–water partition coefficient (Wildman–Crippen LogP) is 8.50. The Morgan fingerprint density at radius 2 is 0.630 bits per heavy atom. The van der Waals surface area contributed by atoms with Gasteiger partial charge in [0.05, 0.1) is 13.2 Å². The van der Waals surface area contributed by atoms with Crippen molar-refractivity contribution in [2.75, 3.05) is 86.4 Å². The summed E-state index contributed by atoms with van der Waals surface area (Å²) in [6.45, 7) is 4.72. The van der Waals surface area contributed by atoms with Crippen LogP contribution in [0.15, 0.2) is 0 Å². The molecule has 0 bridgehead atoms. The van der Waals surface area contributed by atoms with Gasteiger partial charge in [-0.3, -0.25) is 23.2 Å². The molecule has 0 amide bonds. The number of phosphoric acid groups is 1. The molecule has 0 N–H and O–H groups in total. The molecule has 0 saturated heterocycles. The van der Waals surface area contributed by atoms with Crippen molar-refractivity contribution in [2.45, 2.75) is 142 Å². The van der Waals surface area contributed by atoms with Crippen molar-refractivity contribution in [1.82, 2.24) is 0 Å². The van der Waals surface area contributed by atoms with E-state index in [4.69, 9.17) is 62.1 Å². The maximum atomic E-state index is 12.4. The molecule has 0 aliphatic heterocycles. The fourth-order valence-electron chi connectivity index (χ4n) is 4.80. The van der Waals surface area contributed by atoms with Crippen molar-refractivity contribution in [1.29, 1.82) is 0 Å². The summed E-state index contributed by atoms with van der Waals surface area (Å²) in [6, 6.07) is 0. The highest BCUT2D eigenvalue weighted by molar-refractivity contribution is 7.48. The van der Waals surface area contributed by atoms with Crippen molar-refractivity contribution >= 4 is 19.8 Å². The molecule has 0 rings (SSSR count). The van der Waals surface area contributed by atoms with Gasteiger partial charge in [-0.05, 0) is 12.8 Å².